The van der Waals surface area contributed by atoms with Crippen LogP contribution in [0.2, 0.25) is 0 Å². The summed E-state index contributed by atoms with van der Waals surface area (Å²) >= 11 is 0. The predicted molar refractivity (Wildman–Crippen MR) is 85.9 cm³/mol. The first-order valence-corrected chi connectivity index (χ1v) is 8.39. The number of phenols is 1. The first-order chi connectivity index (χ1) is 10.5. The average Bonchev–Trinajstić information content (AvgIpc) is 2.53. The highest BCUT2D eigenvalue weighted by Crippen LogP contribution is 2.32. The third kappa shape index (κ3) is 3.17. The highest BCUT2D eigenvalue weighted by Gasteiger charge is 2.26. The van der Waals surface area contributed by atoms with Crippen LogP contribution in [0.1, 0.15) is 13.3 Å². The Morgan fingerprint density at radius 3 is 2.32 bits per heavy atom. The molecule has 1 N–H and O–H groups in total. The number of nitrogens with zero attached hydrogens (tertiary/aromatic N) is 1. The second-order valence-corrected chi connectivity index (χ2v) is 6.61. The molecule has 0 amide bonds. The van der Waals surface area contributed by atoms with E-state index < -0.39 is 10.0 Å². The highest BCUT2D eigenvalue weighted by molar-refractivity contribution is 7.92. The molecule has 0 radical (unpaired) electrons. The minimum Gasteiger partial charge on any atom is -0.508 e. The number of benzene rings is 2. The molecule has 0 atom stereocenters. The van der Waals surface area contributed by atoms with Crippen molar-refractivity contribution in [1.82, 2.24) is 0 Å². The van der Waals surface area contributed by atoms with Crippen molar-refractivity contribution in [1.29, 1.82) is 0 Å². The summed E-state index contributed by atoms with van der Waals surface area (Å²) in [6.45, 7) is 2.25. The summed E-state index contributed by atoms with van der Waals surface area (Å²) in [5.74, 6) is 0.525. The second-order valence-electron chi connectivity index (χ2n) is 4.74. The monoisotopic (exact) mass is 321 g/mol. The van der Waals surface area contributed by atoms with E-state index in [1.54, 1.807) is 24.3 Å². The fourth-order valence-corrected chi connectivity index (χ4v) is 3.72. The maximum Gasteiger partial charge on any atom is 0.264 e. The first-order valence-electron chi connectivity index (χ1n) is 6.95. The summed E-state index contributed by atoms with van der Waals surface area (Å²) in [5, 5.41) is 9.34. The number of aromatic hydroxyl groups is 1. The van der Waals surface area contributed by atoms with E-state index in [0.717, 1.165) is 0 Å². The summed E-state index contributed by atoms with van der Waals surface area (Å²) < 4.78 is 32.4. The molecule has 5 nitrogen and oxygen atoms in total. The van der Waals surface area contributed by atoms with Crippen molar-refractivity contribution in [2.24, 2.45) is 0 Å². The maximum absolute atomic E-state index is 12.9. The number of phenolic OH excluding ortho intramolecular Hbond substituents is 1. The Morgan fingerprint density at radius 1 is 1.09 bits per heavy atom. The summed E-state index contributed by atoms with van der Waals surface area (Å²) in [6.07, 6.45) is 0.662. The van der Waals surface area contributed by atoms with Crippen molar-refractivity contribution >= 4 is 15.7 Å². The molecule has 2 aromatic rings. The molecule has 0 aromatic heterocycles. The van der Waals surface area contributed by atoms with Crippen LogP contribution in [0.15, 0.2) is 53.4 Å². The van der Waals surface area contributed by atoms with E-state index in [0.29, 0.717) is 24.4 Å². The molecule has 0 heterocycles. The Bertz CT molecular complexity index is 726. The highest BCUT2D eigenvalue weighted by atomic mass is 32.2. The molecule has 2 aromatic carbocycles. The molecule has 0 unspecified atom stereocenters. The van der Waals surface area contributed by atoms with Crippen molar-refractivity contribution in [3.63, 3.8) is 0 Å². The quantitative estimate of drug-likeness (QED) is 0.888. The molecule has 0 fully saturated rings. The van der Waals surface area contributed by atoms with Crippen LogP contribution in [-0.4, -0.2) is 27.2 Å². The van der Waals surface area contributed by atoms with Gasteiger partial charge in [0.15, 0.2) is 0 Å². The SMILES string of the molecule is CCCN(c1ccccc1OC)S(=O)(=O)c1ccc(O)cc1. The van der Waals surface area contributed by atoms with Gasteiger partial charge in [-0.25, -0.2) is 8.42 Å². The zero-order valence-corrected chi connectivity index (χ0v) is 13.4. The lowest BCUT2D eigenvalue weighted by Crippen LogP contribution is -2.32. The Morgan fingerprint density at radius 2 is 1.73 bits per heavy atom. The van der Waals surface area contributed by atoms with Crippen molar-refractivity contribution in [2.45, 2.75) is 18.2 Å². The van der Waals surface area contributed by atoms with Crippen LogP contribution in [0.5, 0.6) is 11.5 Å². The van der Waals surface area contributed by atoms with Gasteiger partial charge in [0.25, 0.3) is 10.0 Å². The van der Waals surface area contributed by atoms with E-state index in [4.69, 9.17) is 4.74 Å². The standard InChI is InChI=1S/C16H19NO4S/c1-3-12-17(15-6-4-5-7-16(15)21-2)22(19,20)14-10-8-13(18)9-11-14/h4-11,18H,3,12H2,1-2H3. The molecule has 0 saturated carbocycles. The Balaban J connectivity index is 2.53. The minimum absolute atomic E-state index is 0.0262. The van der Waals surface area contributed by atoms with E-state index >= 15 is 0 Å². The molecule has 118 valence electrons. The predicted octanol–water partition coefficient (Wildman–Crippen LogP) is 3.01. The third-order valence-electron chi connectivity index (χ3n) is 3.21. The second kappa shape index (κ2) is 6.70. The molecule has 0 aliphatic heterocycles. The zero-order valence-electron chi connectivity index (χ0n) is 12.6. The smallest absolute Gasteiger partial charge is 0.264 e. The molecule has 2 rings (SSSR count). The van der Waals surface area contributed by atoms with Gasteiger partial charge in [0.05, 0.1) is 17.7 Å². The zero-order chi connectivity index (χ0) is 16.2. The van der Waals surface area contributed by atoms with Gasteiger partial charge in [0.2, 0.25) is 0 Å². The summed E-state index contributed by atoms with van der Waals surface area (Å²) in [6, 6.07) is 12.5. The molecule has 0 aliphatic rings. The number of sulfonamides is 1. The van der Waals surface area contributed by atoms with Gasteiger partial charge in [-0.05, 0) is 42.8 Å². The lowest BCUT2D eigenvalue weighted by atomic mass is 10.3. The largest absolute Gasteiger partial charge is 0.508 e. The van der Waals surface area contributed by atoms with Gasteiger partial charge < -0.3 is 9.84 Å². The Kier molecular flexibility index (Phi) is 4.92. The van der Waals surface area contributed by atoms with Crippen LogP contribution in [0, 0.1) is 0 Å². The molecule has 22 heavy (non-hydrogen) atoms. The van der Waals surface area contributed by atoms with E-state index in [9.17, 15) is 13.5 Å². The number of ether oxygens (including phenoxy) is 1. The van der Waals surface area contributed by atoms with Gasteiger partial charge in [0, 0.05) is 6.54 Å². The number of para-hydroxylation sites is 2. The van der Waals surface area contributed by atoms with E-state index in [1.807, 2.05) is 6.92 Å². The molecule has 0 spiro atoms. The topological polar surface area (TPSA) is 66.8 Å². The van der Waals surface area contributed by atoms with E-state index in [-0.39, 0.29) is 10.6 Å². The van der Waals surface area contributed by atoms with Gasteiger partial charge in [-0.2, -0.15) is 0 Å². The van der Waals surface area contributed by atoms with E-state index in [1.165, 1.54) is 35.7 Å². The molecule has 0 saturated heterocycles. The number of hydrogen-bond acceptors (Lipinski definition) is 4. The summed E-state index contributed by atoms with van der Waals surface area (Å²) in [7, 11) is -2.21. The number of hydrogen-bond donors (Lipinski definition) is 1. The summed E-state index contributed by atoms with van der Waals surface area (Å²) in [5.41, 5.74) is 0.500. The third-order valence-corrected chi connectivity index (χ3v) is 5.03. The van der Waals surface area contributed by atoms with Gasteiger partial charge in [-0.15, -0.1) is 0 Å². The fourth-order valence-electron chi connectivity index (χ4n) is 2.15. The van der Waals surface area contributed by atoms with Crippen molar-refractivity contribution in [3.05, 3.63) is 48.5 Å². The maximum atomic E-state index is 12.9. The Hall–Kier alpha value is -2.21. The van der Waals surface area contributed by atoms with Crippen molar-refractivity contribution < 1.29 is 18.3 Å². The van der Waals surface area contributed by atoms with Crippen LogP contribution in [0.4, 0.5) is 5.69 Å². The van der Waals surface area contributed by atoms with Gasteiger partial charge in [-0.3, -0.25) is 4.31 Å². The van der Waals surface area contributed by atoms with Crippen molar-refractivity contribution in [2.75, 3.05) is 18.0 Å². The average molecular weight is 321 g/mol. The molecule has 6 heteroatoms. The van der Waals surface area contributed by atoms with Crippen LogP contribution in [0.25, 0.3) is 0 Å². The van der Waals surface area contributed by atoms with Gasteiger partial charge in [0.1, 0.15) is 11.5 Å². The number of methoxy groups -OCH3 is 1. The van der Waals surface area contributed by atoms with Crippen molar-refractivity contribution in [3.8, 4) is 11.5 Å². The minimum atomic E-state index is -3.72. The molecule has 0 bridgehead atoms. The molecular formula is C16H19NO4S. The van der Waals surface area contributed by atoms with Gasteiger partial charge >= 0.3 is 0 Å². The number of anilines is 1. The lowest BCUT2D eigenvalue weighted by Gasteiger charge is -2.25. The van der Waals surface area contributed by atoms with Gasteiger partial charge in [-0.1, -0.05) is 19.1 Å². The fraction of sp³-hybridized carbons (Fsp3) is 0.250. The lowest BCUT2D eigenvalue weighted by molar-refractivity contribution is 0.415. The van der Waals surface area contributed by atoms with Crippen LogP contribution >= 0.6 is 0 Å². The van der Waals surface area contributed by atoms with Crippen LogP contribution in [-0.2, 0) is 10.0 Å². The summed E-state index contributed by atoms with van der Waals surface area (Å²) in [4.78, 5) is 0.129. The van der Waals surface area contributed by atoms with Crippen LogP contribution < -0.4 is 9.04 Å². The normalized spacial score (nSPS) is 11.2. The number of rotatable bonds is 6. The van der Waals surface area contributed by atoms with E-state index in [2.05, 4.69) is 0 Å². The first kappa shape index (κ1) is 16.2. The Labute approximate surface area is 130 Å². The molecule has 0 aliphatic carbocycles. The van der Waals surface area contributed by atoms with Crippen LogP contribution in [0.3, 0.4) is 0 Å². The molecular weight excluding hydrogens is 302 g/mol.